The maximum absolute atomic E-state index is 12.7. The minimum atomic E-state index is -5.25. The summed E-state index contributed by atoms with van der Waals surface area (Å²) < 4.78 is 30.5. The van der Waals surface area contributed by atoms with Gasteiger partial charge >= 0.3 is 13.7 Å². The molecule has 0 bridgehead atoms. The second-order valence-electron chi connectivity index (χ2n) is 9.97. The quantitative estimate of drug-likeness (QED) is 0.0361. The van der Waals surface area contributed by atoms with E-state index in [1.807, 2.05) is 0 Å². The SMILES string of the molecule is C[C@@H](C(=O)OCc1ccccc1)N(Oc1ccccc1OC[C@@]1(N=[N+]=[N-])O[C@@H](n2cnc3c(N)ncnc32)[C@H](O)[C@@H]1O)P(=O)(O)O. The van der Waals surface area contributed by atoms with E-state index >= 15 is 0 Å². The number of aliphatic hydroxyl groups excluding tert-OH is 2. The van der Waals surface area contributed by atoms with Gasteiger partial charge in [-0.05, 0) is 35.0 Å². The number of imidazole rings is 1. The number of rotatable bonds is 12. The largest absolute Gasteiger partial charge is 0.486 e. The molecule has 20 heteroatoms. The average Bonchev–Trinajstić information content (AvgIpc) is 3.57. The highest BCUT2D eigenvalue weighted by molar-refractivity contribution is 7.49. The summed E-state index contributed by atoms with van der Waals surface area (Å²) in [5.74, 6) is -1.38. The number of azide groups is 1. The van der Waals surface area contributed by atoms with Gasteiger partial charge in [-0.2, -0.15) is 0 Å². The number of anilines is 1. The molecule has 1 saturated heterocycles. The summed E-state index contributed by atoms with van der Waals surface area (Å²) in [6.07, 6.45) is -2.48. The summed E-state index contributed by atoms with van der Waals surface area (Å²) in [6, 6.07) is 12.7. The fourth-order valence-corrected chi connectivity index (χ4v) is 5.32. The van der Waals surface area contributed by atoms with Crippen LogP contribution in [0.25, 0.3) is 21.6 Å². The van der Waals surface area contributed by atoms with Gasteiger partial charge in [-0.1, -0.05) is 47.6 Å². The second-order valence-corrected chi connectivity index (χ2v) is 11.4. The molecule has 1 aliphatic heterocycles. The van der Waals surface area contributed by atoms with E-state index in [9.17, 15) is 34.9 Å². The molecule has 19 nitrogen and oxygen atoms in total. The number of carbonyl (C=O) groups excluding carboxylic acids is 1. The van der Waals surface area contributed by atoms with E-state index in [4.69, 9.17) is 24.8 Å². The van der Waals surface area contributed by atoms with E-state index in [1.54, 1.807) is 30.3 Å². The number of carbonyl (C=O) groups is 1. The highest BCUT2D eigenvalue weighted by Gasteiger charge is 2.56. The van der Waals surface area contributed by atoms with Crippen LogP contribution < -0.4 is 15.3 Å². The minimum absolute atomic E-state index is 0.0566. The number of para-hydroxylation sites is 2. The van der Waals surface area contributed by atoms with Crippen LogP contribution in [0.4, 0.5) is 5.82 Å². The Morgan fingerprint density at radius 2 is 1.87 bits per heavy atom. The van der Waals surface area contributed by atoms with E-state index in [0.717, 1.165) is 0 Å². The summed E-state index contributed by atoms with van der Waals surface area (Å²) in [4.78, 5) is 53.2. The topological polar surface area (TPSA) is 274 Å². The van der Waals surface area contributed by atoms with Crippen LogP contribution in [0, 0.1) is 0 Å². The van der Waals surface area contributed by atoms with Gasteiger partial charge in [0.05, 0.1) is 6.33 Å². The van der Waals surface area contributed by atoms with Crippen molar-refractivity contribution in [3.63, 3.8) is 0 Å². The molecule has 0 amide bonds. The van der Waals surface area contributed by atoms with Gasteiger partial charge in [-0.15, -0.1) is 0 Å². The Morgan fingerprint density at radius 3 is 2.57 bits per heavy atom. The summed E-state index contributed by atoms with van der Waals surface area (Å²) in [7, 11) is -5.25. The second kappa shape index (κ2) is 13.3. The Balaban J connectivity index is 1.35. The number of hydrogen-bond donors (Lipinski definition) is 5. The smallest absolute Gasteiger partial charge is 0.436 e. The zero-order valence-electron chi connectivity index (χ0n) is 23.9. The van der Waals surface area contributed by atoms with Crippen LogP contribution >= 0.6 is 7.75 Å². The molecular formula is C26H28N9O10P. The van der Waals surface area contributed by atoms with Gasteiger partial charge in [0.25, 0.3) is 0 Å². The van der Waals surface area contributed by atoms with Crippen LogP contribution in [0.2, 0.25) is 0 Å². The summed E-state index contributed by atoms with van der Waals surface area (Å²) in [5, 5.41) is 25.5. The van der Waals surface area contributed by atoms with E-state index in [1.165, 1.54) is 48.4 Å². The van der Waals surface area contributed by atoms with Crippen molar-refractivity contribution in [3.8, 4) is 11.5 Å². The van der Waals surface area contributed by atoms with Crippen LogP contribution in [0.3, 0.4) is 0 Å². The van der Waals surface area contributed by atoms with Crippen LogP contribution in [0.5, 0.6) is 11.5 Å². The lowest BCUT2D eigenvalue weighted by Crippen LogP contribution is -2.46. The Bertz CT molecular complexity index is 1800. The summed E-state index contributed by atoms with van der Waals surface area (Å²) >= 11 is 0. The highest BCUT2D eigenvalue weighted by atomic mass is 31.2. The number of benzene rings is 2. The first-order valence-corrected chi connectivity index (χ1v) is 15.0. The number of hydrogen-bond acceptors (Lipinski definition) is 13. The molecule has 0 spiro atoms. The average molecular weight is 658 g/mol. The van der Waals surface area contributed by atoms with Crippen molar-refractivity contribution in [1.29, 1.82) is 0 Å². The van der Waals surface area contributed by atoms with Gasteiger partial charge in [-0.3, -0.25) is 9.36 Å². The third-order valence-electron chi connectivity index (χ3n) is 6.91. The standard InChI is InChI=1S/C26H28N9O10P/c1-15(25(38)42-11-16-7-3-2-4-8-16)35(46(39,40)41)45-18-10-6-5-9-17(18)43-12-26(32-33-28)21(37)20(36)24(44-26)34-14-31-19-22(27)29-13-30-23(19)34/h2-10,13-15,20-21,24,36-37H,11-12H2,1H3,(H2,27,29,30)(H2,39,40,41)/t15-,20+,21-,24+,26+/m0/s1. The lowest BCUT2D eigenvalue weighted by Gasteiger charge is -2.29. The number of hydroxylamine groups is 1. The predicted molar refractivity (Wildman–Crippen MR) is 156 cm³/mol. The molecule has 4 aromatic rings. The van der Waals surface area contributed by atoms with Crippen molar-refractivity contribution in [1.82, 2.24) is 24.4 Å². The number of ether oxygens (including phenoxy) is 3. The number of aromatic nitrogens is 4. The first-order valence-electron chi connectivity index (χ1n) is 13.4. The predicted octanol–water partition coefficient (Wildman–Crippen LogP) is 1.57. The van der Waals surface area contributed by atoms with E-state index in [2.05, 4.69) is 25.0 Å². The van der Waals surface area contributed by atoms with Crippen molar-refractivity contribution in [2.45, 2.75) is 43.7 Å². The maximum Gasteiger partial charge on any atom is 0.436 e. The van der Waals surface area contributed by atoms with Gasteiger partial charge in [-0.25, -0.2) is 19.5 Å². The van der Waals surface area contributed by atoms with Gasteiger partial charge in [0, 0.05) is 4.91 Å². The monoisotopic (exact) mass is 657 g/mol. The molecule has 5 rings (SSSR count). The van der Waals surface area contributed by atoms with Crippen LogP contribution in [-0.2, 0) is 25.4 Å². The van der Waals surface area contributed by atoms with Gasteiger partial charge in [0.1, 0.15) is 37.3 Å². The van der Waals surface area contributed by atoms with Crippen molar-refractivity contribution >= 4 is 30.7 Å². The Morgan fingerprint density at radius 1 is 1.17 bits per heavy atom. The fourth-order valence-electron chi connectivity index (χ4n) is 4.58. The Hall–Kier alpha value is -4.84. The molecule has 1 fully saturated rings. The molecule has 242 valence electrons. The van der Waals surface area contributed by atoms with Crippen molar-refractivity contribution in [2.75, 3.05) is 12.3 Å². The third-order valence-corrected chi connectivity index (χ3v) is 7.85. The van der Waals surface area contributed by atoms with Crippen molar-refractivity contribution in [2.24, 2.45) is 5.11 Å². The normalized spacial score (nSPS) is 21.9. The number of aliphatic hydroxyl groups is 2. The lowest BCUT2D eigenvalue weighted by molar-refractivity contribution is -0.157. The number of fused-ring (bicyclic) bond motifs is 1. The van der Waals surface area contributed by atoms with Crippen molar-refractivity contribution < 1.29 is 48.4 Å². The lowest BCUT2D eigenvalue weighted by atomic mass is 10.1. The molecule has 1 aliphatic rings. The molecule has 3 heterocycles. The first kappa shape index (κ1) is 32.6. The molecular weight excluding hydrogens is 629 g/mol. The van der Waals surface area contributed by atoms with Crippen LogP contribution in [-0.4, -0.2) is 80.9 Å². The minimum Gasteiger partial charge on any atom is -0.486 e. The molecule has 0 radical (unpaired) electrons. The fraction of sp³-hybridized carbons (Fsp3) is 0.308. The zero-order valence-corrected chi connectivity index (χ0v) is 24.8. The van der Waals surface area contributed by atoms with E-state index in [-0.39, 0.29) is 39.9 Å². The third kappa shape index (κ3) is 6.57. The van der Waals surface area contributed by atoms with Crippen LogP contribution in [0.15, 0.2) is 72.4 Å². The van der Waals surface area contributed by atoms with Gasteiger partial charge in [0.2, 0.25) is 5.72 Å². The number of nitrogens with two attached hydrogens (primary N) is 1. The Kier molecular flexibility index (Phi) is 9.38. The molecule has 0 unspecified atom stereocenters. The molecule has 46 heavy (non-hydrogen) atoms. The van der Waals surface area contributed by atoms with Crippen LogP contribution in [0.1, 0.15) is 18.7 Å². The molecule has 0 aliphatic carbocycles. The maximum atomic E-state index is 12.7. The molecule has 5 atom stereocenters. The molecule has 2 aromatic carbocycles. The van der Waals surface area contributed by atoms with E-state index < -0.39 is 50.5 Å². The number of esters is 1. The zero-order chi connectivity index (χ0) is 33.1. The first-order chi connectivity index (χ1) is 21.9. The van der Waals surface area contributed by atoms with E-state index in [0.29, 0.717) is 5.56 Å². The Labute approximate surface area is 259 Å². The van der Waals surface area contributed by atoms with Gasteiger partial charge in [0.15, 0.2) is 35.2 Å². The summed E-state index contributed by atoms with van der Waals surface area (Å²) in [5.41, 5.74) is 13.9. The summed E-state index contributed by atoms with van der Waals surface area (Å²) in [6.45, 7) is 0.306. The number of nitrogen functional groups attached to an aromatic ring is 1. The number of nitrogens with zero attached hydrogens (tertiary/aromatic N) is 8. The van der Waals surface area contributed by atoms with Crippen molar-refractivity contribution in [3.05, 3.63) is 83.3 Å². The van der Waals surface area contributed by atoms with Gasteiger partial charge < -0.3 is 44.8 Å². The molecule has 2 aromatic heterocycles. The highest BCUT2D eigenvalue weighted by Crippen LogP contribution is 2.45. The molecule has 0 saturated carbocycles. The molecule has 6 N–H and O–H groups in total.